The fraction of sp³-hybridized carbons (Fsp3) is 0.333. The number of benzene rings is 2. The summed E-state index contributed by atoms with van der Waals surface area (Å²) < 4.78 is 0. The Morgan fingerprint density at radius 1 is 1.00 bits per heavy atom. The van der Waals surface area contributed by atoms with Crippen molar-refractivity contribution in [2.24, 2.45) is 0 Å². The van der Waals surface area contributed by atoms with Crippen LogP contribution >= 0.6 is 0 Å². The minimum Gasteiger partial charge on any atom is -0.399 e. The second-order valence-corrected chi connectivity index (χ2v) is 5.39. The van der Waals surface area contributed by atoms with Crippen molar-refractivity contribution >= 4 is 5.69 Å². The summed E-state index contributed by atoms with van der Waals surface area (Å²) in [4.78, 5) is 2.32. The van der Waals surface area contributed by atoms with E-state index >= 15 is 0 Å². The van der Waals surface area contributed by atoms with E-state index in [0.717, 1.165) is 31.6 Å². The summed E-state index contributed by atoms with van der Waals surface area (Å²) in [6, 6.07) is 16.7. The van der Waals surface area contributed by atoms with Crippen LogP contribution in [0.5, 0.6) is 0 Å². The summed E-state index contributed by atoms with van der Waals surface area (Å²) in [6.07, 6.45) is 2.25. The maximum atomic E-state index is 5.71. The Labute approximate surface area is 123 Å². The lowest BCUT2D eigenvalue weighted by atomic mass is 10.1. The van der Waals surface area contributed by atoms with E-state index in [2.05, 4.69) is 49.2 Å². The third-order valence-corrected chi connectivity index (χ3v) is 3.57. The maximum absolute atomic E-state index is 5.71. The number of hydrogen-bond donors (Lipinski definition) is 1. The molecule has 0 amide bonds. The van der Waals surface area contributed by atoms with Crippen molar-refractivity contribution in [3.8, 4) is 0 Å². The minimum absolute atomic E-state index is 0. The zero-order valence-electron chi connectivity index (χ0n) is 12.5. The van der Waals surface area contributed by atoms with Crippen molar-refractivity contribution in [3.63, 3.8) is 0 Å². The van der Waals surface area contributed by atoms with Crippen LogP contribution in [0.15, 0.2) is 48.5 Å². The first-order valence-electron chi connectivity index (χ1n) is 7.29. The highest BCUT2D eigenvalue weighted by molar-refractivity contribution is 5.46. The SMILES string of the molecule is CCCc1ccccc1N.CN1Cc2ccccc2C1.[HH]. The van der Waals surface area contributed by atoms with Gasteiger partial charge in [0.1, 0.15) is 0 Å². The van der Waals surface area contributed by atoms with Gasteiger partial charge >= 0.3 is 0 Å². The molecule has 108 valence electrons. The molecule has 3 rings (SSSR count). The standard InChI is InChI=1S/C9H11N.C9H13N.H2/c1-10-6-8-4-2-3-5-9(8)7-10;1-2-5-8-6-3-4-7-9(8)10;/h2-5H,6-7H2,1H3;3-4,6-7H,2,5,10H2,1H3;1H. The molecular formula is C18H26N2. The Balaban J connectivity index is 0.000000200. The van der Waals surface area contributed by atoms with E-state index < -0.39 is 0 Å². The van der Waals surface area contributed by atoms with Crippen LogP contribution in [0.4, 0.5) is 5.69 Å². The molecule has 0 fully saturated rings. The molecule has 0 spiro atoms. The molecule has 0 atom stereocenters. The third kappa shape index (κ3) is 3.84. The lowest BCUT2D eigenvalue weighted by Gasteiger charge is -2.02. The summed E-state index contributed by atoms with van der Waals surface area (Å²) in [5.41, 5.74) is 10.9. The number of para-hydroxylation sites is 1. The topological polar surface area (TPSA) is 29.3 Å². The molecule has 2 nitrogen and oxygen atoms in total. The Morgan fingerprint density at radius 2 is 1.55 bits per heavy atom. The Morgan fingerprint density at radius 3 is 2.10 bits per heavy atom. The highest BCUT2D eigenvalue weighted by atomic mass is 15.1. The number of nitrogens with two attached hydrogens (primary N) is 1. The van der Waals surface area contributed by atoms with Crippen molar-refractivity contribution in [2.45, 2.75) is 32.9 Å². The molecule has 0 bridgehead atoms. The van der Waals surface area contributed by atoms with Crippen molar-refractivity contribution in [1.29, 1.82) is 0 Å². The van der Waals surface area contributed by atoms with Crippen LogP contribution in [0.3, 0.4) is 0 Å². The number of rotatable bonds is 2. The predicted octanol–water partition coefficient (Wildman–Crippen LogP) is 4.10. The lowest BCUT2D eigenvalue weighted by Crippen LogP contribution is -2.07. The van der Waals surface area contributed by atoms with E-state index in [4.69, 9.17) is 5.73 Å². The fourth-order valence-electron chi connectivity index (χ4n) is 2.53. The van der Waals surface area contributed by atoms with Crippen molar-refractivity contribution in [1.82, 2.24) is 4.90 Å². The van der Waals surface area contributed by atoms with E-state index in [1.807, 2.05) is 18.2 Å². The van der Waals surface area contributed by atoms with Crippen LogP contribution < -0.4 is 5.73 Å². The summed E-state index contributed by atoms with van der Waals surface area (Å²) in [6.45, 7) is 4.40. The molecule has 0 radical (unpaired) electrons. The lowest BCUT2D eigenvalue weighted by molar-refractivity contribution is 0.353. The number of anilines is 1. The van der Waals surface area contributed by atoms with Gasteiger partial charge in [-0.15, -0.1) is 0 Å². The van der Waals surface area contributed by atoms with Gasteiger partial charge in [-0.1, -0.05) is 55.8 Å². The van der Waals surface area contributed by atoms with Crippen LogP contribution in [0.1, 0.15) is 31.5 Å². The van der Waals surface area contributed by atoms with Crippen LogP contribution in [0, 0.1) is 0 Å². The number of hydrogen-bond acceptors (Lipinski definition) is 2. The van der Waals surface area contributed by atoms with Crippen LogP contribution in [0.25, 0.3) is 0 Å². The van der Waals surface area contributed by atoms with E-state index in [1.165, 1.54) is 16.7 Å². The molecule has 1 aliphatic heterocycles. The van der Waals surface area contributed by atoms with Gasteiger partial charge in [0.25, 0.3) is 0 Å². The molecule has 0 saturated carbocycles. The molecule has 1 aliphatic rings. The molecule has 0 aliphatic carbocycles. The average molecular weight is 270 g/mol. The minimum atomic E-state index is 0. The molecule has 20 heavy (non-hydrogen) atoms. The molecule has 2 aromatic rings. The Hall–Kier alpha value is -1.80. The van der Waals surface area contributed by atoms with Gasteiger partial charge in [0.15, 0.2) is 0 Å². The van der Waals surface area contributed by atoms with Gasteiger partial charge < -0.3 is 5.73 Å². The first kappa shape index (κ1) is 14.6. The molecule has 0 saturated heterocycles. The van der Waals surface area contributed by atoms with Gasteiger partial charge in [-0.2, -0.15) is 0 Å². The second kappa shape index (κ2) is 7.11. The van der Waals surface area contributed by atoms with Gasteiger partial charge in [0.05, 0.1) is 0 Å². The van der Waals surface area contributed by atoms with Crippen LogP contribution in [0.2, 0.25) is 0 Å². The number of fused-ring (bicyclic) bond motifs is 1. The summed E-state index contributed by atoms with van der Waals surface area (Å²) in [7, 11) is 2.15. The van der Waals surface area contributed by atoms with E-state index in [-0.39, 0.29) is 1.43 Å². The predicted molar refractivity (Wildman–Crippen MR) is 88.6 cm³/mol. The molecule has 0 unspecified atom stereocenters. The van der Waals surface area contributed by atoms with Gasteiger partial charge in [-0.05, 0) is 36.2 Å². The Kier molecular flexibility index (Phi) is 5.19. The molecule has 2 N–H and O–H groups in total. The zero-order valence-corrected chi connectivity index (χ0v) is 12.5. The number of nitrogens with zero attached hydrogens (tertiary/aromatic N) is 1. The first-order chi connectivity index (χ1) is 9.70. The van der Waals surface area contributed by atoms with Crippen LogP contribution in [-0.2, 0) is 19.5 Å². The number of aryl methyl sites for hydroxylation is 1. The van der Waals surface area contributed by atoms with E-state index in [0.29, 0.717) is 0 Å². The zero-order chi connectivity index (χ0) is 14.4. The maximum Gasteiger partial charge on any atom is 0.0346 e. The molecular weight excluding hydrogens is 244 g/mol. The van der Waals surface area contributed by atoms with Crippen LogP contribution in [-0.4, -0.2) is 11.9 Å². The van der Waals surface area contributed by atoms with Crippen molar-refractivity contribution in [3.05, 3.63) is 65.2 Å². The highest BCUT2D eigenvalue weighted by Crippen LogP contribution is 2.19. The highest BCUT2D eigenvalue weighted by Gasteiger charge is 2.12. The largest absolute Gasteiger partial charge is 0.399 e. The van der Waals surface area contributed by atoms with Crippen molar-refractivity contribution in [2.75, 3.05) is 12.8 Å². The quantitative estimate of drug-likeness (QED) is 0.832. The van der Waals surface area contributed by atoms with Gasteiger partial charge in [0.2, 0.25) is 0 Å². The summed E-state index contributed by atoms with van der Waals surface area (Å²) in [5.74, 6) is 0. The normalized spacial score (nSPS) is 13.5. The molecule has 1 heterocycles. The molecule has 2 aromatic carbocycles. The number of nitrogen functional groups attached to an aromatic ring is 1. The monoisotopic (exact) mass is 270 g/mol. The summed E-state index contributed by atoms with van der Waals surface area (Å²) in [5, 5.41) is 0. The molecule has 2 heteroatoms. The van der Waals surface area contributed by atoms with E-state index in [1.54, 1.807) is 0 Å². The average Bonchev–Trinajstić information content (AvgIpc) is 2.82. The Bertz CT molecular complexity index is 521. The second-order valence-electron chi connectivity index (χ2n) is 5.39. The van der Waals surface area contributed by atoms with Gasteiger partial charge in [0, 0.05) is 20.2 Å². The van der Waals surface area contributed by atoms with E-state index in [9.17, 15) is 0 Å². The third-order valence-electron chi connectivity index (χ3n) is 3.57. The summed E-state index contributed by atoms with van der Waals surface area (Å²) >= 11 is 0. The first-order valence-corrected chi connectivity index (χ1v) is 7.29. The fourth-order valence-corrected chi connectivity index (χ4v) is 2.53. The van der Waals surface area contributed by atoms with Gasteiger partial charge in [-0.25, -0.2) is 0 Å². The van der Waals surface area contributed by atoms with Gasteiger partial charge in [-0.3, -0.25) is 4.90 Å². The van der Waals surface area contributed by atoms with Crippen molar-refractivity contribution < 1.29 is 1.43 Å². The smallest absolute Gasteiger partial charge is 0.0346 e. The molecule has 0 aromatic heterocycles.